The van der Waals surface area contributed by atoms with Gasteiger partial charge in [0.1, 0.15) is 13.1 Å². The number of hydrazone groups is 1. The zero-order chi connectivity index (χ0) is 28.1. The molecule has 210 valence electrons. The fraction of sp³-hybridized carbons (Fsp3) is 0.414. The molecule has 0 unspecified atom stereocenters. The molecule has 0 bridgehead atoms. The van der Waals surface area contributed by atoms with Gasteiger partial charge in [-0.3, -0.25) is 14.5 Å². The molecule has 2 aliphatic heterocycles. The normalized spacial score (nSPS) is 18.1. The minimum absolute atomic E-state index is 0.0319. The molecule has 0 atom stereocenters. The van der Waals surface area contributed by atoms with Gasteiger partial charge in [-0.2, -0.15) is 5.10 Å². The monoisotopic (exact) mass is 547 g/mol. The number of carbonyl (C=O) groups excluding carboxylic acids is 3. The van der Waals surface area contributed by atoms with E-state index in [9.17, 15) is 24.3 Å². The highest BCUT2D eigenvalue weighted by molar-refractivity contribution is 6.13. The van der Waals surface area contributed by atoms with E-state index in [1.165, 1.54) is 23.1 Å². The van der Waals surface area contributed by atoms with Crippen molar-refractivity contribution >= 4 is 40.9 Å². The smallest absolute Gasteiger partial charge is 0.345 e. The number of carboxylic acids is 1. The van der Waals surface area contributed by atoms with E-state index >= 15 is 0 Å². The van der Waals surface area contributed by atoms with Crippen molar-refractivity contribution in [3.8, 4) is 0 Å². The van der Waals surface area contributed by atoms with Gasteiger partial charge in [-0.15, -0.1) is 0 Å². The van der Waals surface area contributed by atoms with E-state index in [0.29, 0.717) is 37.7 Å². The number of hydrogen-bond donors (Lipinski definition) is 2. The van der Waals surface area contributed by atoms with Crippen LogP contribution in [0.15, 0.2) is 53.6 Å². The molecule has 2 N–H and O–H groups in total. The van der Waals surface area contributed by atoms with Gasteiger partial charge in [-0.1, -0.05) is 43.5 Å². The first kappa shape index (κ1) is 27.3. The molecular weight excluding hydrogens is 514 g/mol. The second-order valence-corrected chi connectivity index (χ2v) is 10.2. The second kappa shape index (κ2) is 12.3. The number of fused-ring (bicyclic) bond motifs is 1. The van der Waals surface area contributed by atoms with Crippen molar-refractivity contribution in [2.75, 3.05) is 49.6 Å². The Kier molecular flexibility index (Phi) is 8.40. The number of carbonyl (C=O) groups is 4. The molecule has 3 aliphatic rings. The van der Waals surface area contributed by atoms with Crippen molar-refractivity contribution in [3.05, 3.63) is 59.7 Å². The Labute approximate surface area is 232 Å². The van der Waals surface area contributed by atoms with Crippen molar-refractivity contribution in [2.24, 2.45) is 11.0 Å². The summed E-state index contributed by atoms with van der Waals surface area (Å²) in [5.74, 6) is -1.73. The molecule has 0 aromatic heterocycles. The van der Waals surface area contributed by atoms with Gasteiger partial charge < -0.3 is 20.1 Å². The lowest BCUT2D eigenvalue weighted by Crippen LogP contribution is -2.50. The van der Waals surface area contributed by atoms with Gasteiger partial charge in [0.15, 0.2) is 0 Å². The molecule has 5 rings (SSSR count). The average molecular weight is 548 g/mol. The summed E-state index contributed by atoms with van der Waals surface area (Å²) in [6, 6.07) is 12.8. The first-order chi connectivity index (χ1) is 19.4. The molecule has 1 saturated heterocycles. The zero-order valence-electron chi connectivity index (χ0n) is 22.3. The molecule has 2 aromatic carbocycles. The summed E-state index contributed by atoms with van der Waals surface area (Å²) < 4.78 is 5.37. The third kappa shape index (κ3) is 6.15. The first-order valence-corrected chi connectivity index (χ1v) is 13.7. The molecule has 0 radical (unpaired) electrons. The van der Waals surface area contributed by atoms with Gasteiger partial charge in [0.25, 0.3) is 0 Å². The molecular formula is C29H33N5O6. The van der Waals surface area contributed by atoms with Gasteiger partial charge in [0.2, 0.25) is 11.8 Å². The van der Waals surface area contributed by atoms with Crippen molar-refractivity contribution in [2.45, 2.75) is 32.1 Å². The van der Waals surface area contributed by atoms with Crippen molar-refractivity contribution in [1.29, 1.82) is 0 Å². The van der Waals surface area contributed by atoms with Crippen LogP contribution >= 0.6 is 0 Å². The van der Waals surface area contributed by atoms with Crippen molar-refractivity contribution < 1.29 is 29.0 Å². The number of para-hydroxylation sites is 1. The maximum absolute atomic E-state index is 14.0. The van der Waals surface area contributed by atoms with Crippen LogP contribution in [0.2, 0.25) is 0 Å². The Morgan fingerprint density at radius 2 is 1.73 bits per heavy atom. The van der Waals surface area contributed by atoms with Crippen LogP contribution in [0.3, 0.4) is 0 Å². The van der Waals surface area contributed by atoms with Crippen LogP contribution in [-0.2, 0) is 14.3 Å². The number of hydrogen-bond acceptors (Lipinski definition) is 6. The Bertz CT molecular complexity index is 1320. The third-order valence-corrected chi connectivity index (χ3v) is 7.49. The highest BCUT2D eigenvalue weighted by Gasteiger charge is 2.35. The number of ether oxygens (including phenoxy) is 1. The molecule has 1 aliphatic carbocycles. The summed E-state index contributed by atoms with van der Waals surface area (Å²) in [5, 5.41) is 17.9. The summed E-state index contributed by atoms with van der Waals surface area (Å²) in [5.41, 5.74) is 2.45. The van der Waals surface area contributed by atoms with Crippen LogP contribution in [0.4, 0.5) is 16.2 Å². The minimum atomic E-state index is -1.11. The van der Waals surface area contributed by atoms with Crippen LogP contribution in [-0.4, -0.2) is 83.9 Å². The molecule has 2 fully saturated rings. The topological polar surface area (TPSA) is 132 Å². The van der Waals surface area contributed by atoms with E-state index in [-0.39, 0.29) is 23.9 Å². The zero-order valence-corrected chi connectivity index (χ0v) is 22.3. The van der Waals surface area contributed by atoms with E-state index in [4.69, 9.17) is 9.84 Å². The molecule has 2 heterocycles. The van der Waals surface area contributed by atoms with Crippen LogP contribution in [0.25, 0.3) is 0 Å². The second-order valence-electron chi connectivity index (χ2n) is 10.2. The Morgan fingerprint density at radius 1 is 0.975 bits per heavy atom. The molecule has 11 nitrogen and oxygen atoms in total. The first-order valence-electron chi connectivity index (χ1n) is 13.7. The Balaban J connectivity index is 1.45. The van der Waals surface area contributed by atoms with Gasteiger partial charge >= 0.3 is 12.0 Å². The van der Waals surface area contributed by atoms with Gasteiger partial charge in [-0.25, -0.2) is 14.6 Å². The van der Waals surface area contributed by atoms with E-state index in [1.54, 1.807) is 11.0 Å². The lowest BCUT2D eigenvalue weighted by atomic mass is 9.83. The van der Waals surface area contributed by atoms with Gasteiger partial charge in [-0.05, 0) is 37.1 Å². The maximum atomic E-state index is 14.0. The number of nitrogens with one attached hydrogen (secondary N) is 1. The molecule has 0 spiro atoms. The lowest BCUT2D eigenvalue weighted by molar-refractivity contribution is -0.133. The van der Waals surface area contributed by atoms with Crippen molar-refractivity contribution in [1.82, 2.24) is 9.91 Å². The molecule has 1 saturated carbocycles. The number of carboxylic acid groups (broad SMARTS) is 1. The number of nitrogens with zero attached hydrogens (tertiary/aromatic N) is 4. The molecule has 40 heavy (non-hydrogen) atoms. The molecule has 2 aromatic rings. The van der Waals surface area contributed by atoms with E-state index in [2.05, 4.69) is 5.32 Å². The standard InChI is InChI=1S/C29H33N5O6/c35-25(30-22-10-6-9-21(17-22)28(37)38)18-34-29(39)33(19-26(36)32-13-15-40-16-14-32)24-12-5-4-11-23(24)27(31-34)20-7-2-1-3-8-20/h4-6,9-12,17,20H,1-3,7-8,13-16,18-19H2,(H,30,35)(H,37,38). The predicted molar refractivity (Wildman–Crippen MR) is 148 cm³/mol. The predicted octanol–water partition coefficient (Wildman–Crippen LogP) is 3.41. The van der Waals surface area contributed by atoms with Crippen LogP contribution in [0.1, 0.15) is 48.0 Å². The number of rotatable bonds is 7. The van der Waals surface area contributed by atoms with E-state index in [1.807, 2.05) is 24.3 Å². The van der Waals surface area contributed by atoms with E-state index in [0.717, 1.165) is 48.4 Å². The largest absolute Gasteiger partial charge is 0.478 e. The fourth-order valence-electron chi connectivity index (χ4n) is 5.44. The Hall–Kier alpha value is -4.25. The summed E-state index contributed by atoms with van der Waals surface area (Å²) in [6.45, 7) is 1.20. The van der Waals surface area contributed by atoms with Crippen LogP contribution < -0.4 is 10.2 Å². The number of urea groups is 1. The minimum Gasteiger partial charge on any atom is -0.478 e. The highest BCUT2D eigenvalue weighted by atomic mass is 16.5. The summed E-state index contributed by atoms with van der Waals surface area (Å²) in [6.07, 6.45) is 5.11. The summed E-state index contributed by atoms with van der Waals surface area (Å²) in [4.78, 5) is 54.8. The highest BCUT2D eigenvalue weighted by Crippen LogP contribution is 2.34. The van der Waals surface area contributed by atoms with Gasteiger partial charge in [0.05, 0.1) is 30.2 Å². The number of benzene rings is 2. The third-order valence-electron chi connectivity index (χ3n) is 7.49. The molecule has 4 amide bonds. The van der Waals surface area contributed by atoms with Crippen LogP contribution in [0.5, 0.6) is 0 Å². The van der Waals surface area contributed by atoms with Crippen molar-refractivity contribution in [3.63, 3.8) is 0 Å². The quantitative estimate of drug-likeness (QED) is 0.546. The number of amides is 4. The average Bonchev–Trinajstić information content (AvgIpc) is 3.09. The van der Waals surface area contributed by atoms with Gasteiger partial charge in [0, 0.05) is 30.3 Å². The SMILES string of the molecule is O=C(CN1N=C(C2CCCCC2)c2ccccc2N(CC(=O)N2CCOCC2)C1=O)Nc1cccc(C(=O)O)c1. The molecule has 11 heteroatoms. The summed E-state index contributed by atoms with van der Waals surface area (Å²) >= 11 is 0. The Morgan fingerprint density at radius 3 is 2.48 bits per heavy atom. The van der Waals surface area contributed by atoms with E-state index < -0.39 is 24.5 Å². The maximum Gasteiger partial charge on any atom is 0.345 e. The van der Waals surface area contributed by atoms with Crippen LogP contribution in [0, 0.1) is 5.92 Å². The number of morpholine rings is 1. The number of aromatic carboxylic acids is 1. The summed E-state index contributed by atoms with van der Waals surface area (Å²) in [7, 11) is 0. The lowest BCUT2D eigenvalue weighted by Gasteiger charge is -2.31. The number of anilines is 2. The fourth-order valence-corrected chi connectivity index (χ4v) is 5.44.